The van der Waals surface area contributed by atoms with Gasteiger partial charge in [-0.25, -0.2) is 0 Å². The quantitative estimate of drug-likeness (QED) is 0.553. The van der Waals surface area contributed by atoms with Crippen molar-refractivity contribution >= 4 is 0 Å². The van der Waals surface area contributed by atoms with Gasteiger partial charge in [-0.1, -0.05) is 12.1 Å². The van der Waals surface area contributed by atoms with Crippen LogP contribution in [0.25, 0.3) is 0 Å². The molecule has 0 saturated heterocycles. The molecule has 0 N–H and O–H groups in total. The number of benzene rings is 1. The van der Waals surface area contributed by atoms with Gasteiger partial charge < -0.3 is 4.84 Å². The van der Waals surface area contributed by atoms with E-state index in [0.29, 0.717) is 4.65 Å². The van der Waals surface area contributed by atoms with Crippen LogP contribution in [-0.4, -0.2) is 18.7 Å². The first-order valence-corrected chi connectivity index (χ1v) is 4.61. The van der Waals surface area contributed by atoms with Crippen LogP contribution in [0.5, 0.6) is 5.75 Å². The van der Waals surface area contributed by atoms with Gasteiger partial charge in [0, 0.05) is 0 Å². The molecule has 0 aliphatic carbocycles. The Morgan fingerprint density at radius 3 is 2.38 bits per heavy atom. The Balaban J connectivity index is 2.56. The molecule has 1 aromatic rings. The number of rotatable bonds is 0. The van der Waals surface area contributed by atoms with Crippen LogP contribution in [0.4, 0.5) is 0 Å². The molecule has 0 radical (unpaired) electrons. The number of fused-ring (bicyclic) bond motifs is 1. The fraction of sp³-hybridized carbons (Fsp3) is 0.455. The lowest BCUT2D eigenvalue weighted by atomic mass is 10.0. The van der Waals surface area contributed by atoms with Crippen molar-refractivity contribution in [3.05, 3.63) is 28.8 Å². The van der Waals surface area contributed by atoms with Crippen molar-refractivity contribution in [2.24, 2.45) is 0 Å². The average molecular weight is 178 g/mol. The summed E-state index contributed by atoms with van der Waals surface area (Å²) in [6, 6.07) is 4.29. The molecule has 2 heteroatoms. The lowest BCUT2D eigenvalue weighted by Gasteiger charge is -2.19. The third kappa shape index (κ3) is 1.31. The van der Waals surface area contributed by atoms with E-state index in [9.17, 15) is 0 Å². The van der Waals surface area contributed by atoms with E-state index in [0.717, 1.165) is 12.3 Å². The predicted octanol–water partition coefficient (Wildman–Crippen LogP) is 2.19. The fourth-order valence-corrected chi connectivity index (χ4v) is 1.83. The van der Waals surface area contributed by atoms with Crippen molar-refractivity contribution in [3.63, 3.8) is 0 Å². The second-order valence-electron chi connectivity index (χ2n) is 4.33. The molecule has 2 nitrogen and oxygen atoms in total. The SMILES string of the molecule is Cc1ccc(C)c2c1C[N+](C)(C)O2. The number of hydrogen-bond donors (Lipinski definition) is 0. The van der Waals surface area contributed by atoms with E-state index in [-0.39, 0.29) is 0 Å². The first kappa shape index (κ1) is 8.57. The Hall–Kier alpha value is -1.02. The molecule has 13 heavy (non-hydrogen) atoms. The summed E-state index contributed by atoms with van der Waals surface area (Å²) in [6.07, 6.45) is 0. The molecular formula is C11H16NO+. The van der Waals surface area contributed by atoms with Crippen LogP contribution in [0.1, 0.15) is 16.7 Å². The Labute approximate surface area is 79.3 Å². The zero-order chi connectivity index (χ0) is 9.64. The third-order valence-electron chi connectivity index (χ3n) is 2.57. The van der Waals surface area contributed by atoms with E-state index in [1.807, 2.05) is 0 Å². The Morgan fingerprint density at radius 1 is 1.15 bits per heavy atom. The first-order chi connectivity index (χ1) is 5.99. The minimum atomic E-state index is 0.612. The van der Waals surface area contributed by atoms with Crippen molar-refractivity contribution in [1.29, 1.82) is 0 Å². The normalized spacial score (nSPS) is 18.2. The van der Waals surface area contributed by atoms with Gasteiger partial charge in [-0.15, -0.1) is 4.65 Å². The molecule has 0 spiro atoms. The van der Waals surface area contributed by atoms with Gasteiger partial charge in [-0.3, -0.25) is 0 Å². The van der Waals surface area contributed by atoms with Crippen LogP contribution in [0.2, 0.25) is 0 Å². The van der Waals surface area contributed by atoms with Gasteiger partial charge in [0.25, 0.3) is 0 Å². The van der Waals surface area contributed by atoms with E-state index in [1.54, 1.807) is 0 Å². The second-order valence-corrected chi connectivity index (χ2v) is 4.33. The van der Waals surface area contributed by atoms with E-state index in [2.05, 4.69) is 40.1 Å². The van der Waals surface area contributed by atoms with Crippen LogP contribution in [0.15, 0.2) is 12.1 Å². The second kappa shape index (κ2) is 2.48. The van der Waals surface area contributed by atoms with E-state index in [4.69, 9.17) is 4.84 Å². The lowest BCUT2D eigenvalue weighted by Crippen LogP contribution is -2.37. The molecule has 0 saturated carbocycles. The molecule has 0 bridgehead atoms. The van der Waals surface area contributed by atoms with Gasteiger partial charge >= 0.3 is 0 Å². The topological polar surface area (TPSA) is 9.23 Å². The third-order valence-corrected chi connectivity index (χ3v) is 2.57. The summed E-state index contributed by atoms with van der Waals surface area (Å²) in [6.45, 7) is 5.22. The minimum Gasteiger partial charge on any atom is -0.315 e. The van der Waals surface area contributed by atoms with Crippen LogP contribution in [0.3, 0.4) is 0 Å². The number of hydrogen-bond acceptors (Lipinski definition) is 1. The van der Waals surface area contributed by atoms with Crippen LogP contribution >= 0.6 is 0 Å². The Bertz CT molecular complexity index is 322. The molecule has 0 atom stereocenters. The molecule has 0 fully saturated rings. The van der Waals surface area contributed by atoms with Crippen molar-refractivity contribution in [1.82, 2.24) is 0 Å². The maximum Gasteiger partial charge on any atom is 0.202 e. The summed E-state index contributed by atoms with van der Waals surface area (Å²) in [5, 5.41) is 0. The number of quaternary nitrogens is 1. The molecule has 0 aromatic heterocycles. The van der Waals surface area contributed by atoms with Crippen LogP contribution in [0, 0.1) is 13.8 Å². The van der Waals surface area contributed by atoms with E-state index >= 15 is 0 Å². The van der Waals surface area contributed by atoms with Gasteiger partial charge in [-0.2, -0.15) is 0 Å². The van der Waals surface area contributed by atoms with Crippen LogP contribution in [-0.2, 0) is 6.54 Å². The first-order valence-electron chi connectivity index (χ1n) is 4.61. The molecule has 0 unspecified atom stereocenters. The summed E-state index contributed by atoms with van der Waals surface area (Å²) in [4.78, 5) is 5.84. The zero-order valence-electron chi connectivity index (χ0n) is 8.72. The van der Waals surface area contributed by atoms with E-state index in [1.165, 1.54) is 16.7 Å². The molecule has 1 aromatic carbocycles. The predicted molar refractivity (Wildman–Crippen MR) is 52.4 cm³/mol. The van der Waals surface area contributed by atoms with Crippen molar-refractivity contribution < 1.29 is 9.48 Å². The van der Waals surface area contributed by atoms with Gasteiger partial charge in [-0.05, 0) is 25.0 Å². The summed E-state index contributed by atoms with van der Waals surface area (Å²) < 4.78 is 0.612. The molecule has 2 rings (SSSR count). The highest BCUT2D eigenvalue weighted by atomic mass is 16.7. The summed E-state index contributed by atoms with van der Waals surface area (Å²) in [7, 11) is 4.16. The lowest BCUT2D eigenvalue weighted by molar-refractivity contribution is -1.05. The molecule has 0 amide bonds. The number of aryl methyl sites for hydroxylation is 2. The smallest absolute Gasteiger partial charge is 0.202 e. The minimum absolute atomic E-state index is 0.612. The highest BCUT2D eigenvalue weighted by molar-refractivity contribution is 5.45. The number of hydroxylamine groups is 3. The summed E-state index contributed by atoms with van der Waals surface area (Å²) in [5.41, 5.74) is 3.94. The monoisotopic (exact) mass is 178 g/mol. The standard InChI is InChI=1S/C11H16NO/c1-8-5-6-9(2)11-10(8)7-12(3,4)13-11/h5-6H,7H2,1-4H3/q+1. The van der Waals surface area contributed by atoms with Crippen molar-refractivity contribution in [2.45, 2.75) is 20.4 Å². The molecule has 70 valence electrons. The van der Waals surface area contributed by atoms with Gasteiger partial charge in [0.2, 0.25) is 5.75 Å². The molecular weight excluding hydrogens is 162 g/mol. The maximum absolute atomic E-state index is 5.84. The van der Waals surface area contributed by atoms with Gasteiger partial charge in [0.15, 0.2) is 0 Å². The Kier molecular flexibility index (Phi) is 1.64. The highest BCUT2D eigenvalue weighted by Gasteiger charge is 2.32. The average Bonchev–Trinajstić information content (AvgIpc) is 2.35. The Morgan fingerprint density at radius 2 is 1.77 bits per heavy atom. The summed E-state index contributed by atoms with van der Waals surface area (Å²) in [5.74, 6) is 1.09. The van der Waals surface area contributed by atoms with Crippen molar-refractivity contribution in [3.8, 4) is 5.75 Å². The summed E-state index contributed by atoms with van der Waals surface area (Å²) >= 11 is 0. The van der Waals surface area contributed by atoms with Gasteiger partial charge in [0.05, 0.1) is 5.56 Å². The number of nitrogens with zero attached hydrogens (tertiary/aromatic N) is 1. The molecule has 1 aliphatic rings. The van der Waals surface area contributed by atoms with E-state index < -0.39 is 0 Å². The largest absolute Gasteiger partial charge is 0.315 e. The molecule has 1 heterocycles. The molecule has 1 aliphatic heterocycles. The van der Waals surface area contributed by atoms with Crippen molar-refractivity contribution in [2.75, 3.05) is 14.1 Å². The zero-order valence-corrected chi connectivity index (χ0v) is 8.72. The highest BCUT2D eigenvalue weighted by Crippen LogP contribution is 2.35. The van der Waals surface area contributed by atoms with Gasteiger partial charge in [0.1, 0.15) is 20.6 Å². The maximum atomic E-state index is 5.84. The van der Waals surface area contributed by atoms with Crippen LogP contribution < -0.4 is 4.84 Å². The fourth-order valence-electron chi connectivity index (χ4n) is 1.83.